The summed E-state index contributed by atoms with van der Waals surface area (Å²) in [5, 5.41) is 13.5. The third-order valence-electron chi connectivity index (χ3n) is 3.48. The maximum absolute atomic E-state index is 11.9. The van der Waals surface area contributed by atoms with Crippen LogP contribution in [0.2, 0.25) is 0 Å². The average Bonchev–Trinajstić information content (AvgIpc) is 2.57. The van der Waals surface area contributed by atoms with Crippen molar-refractivity contribution in [2.45, 2.75) is 51.6 Å². The zero-order valence-corrected chi connectivity index (χ0v) is 12.4. The summed E-state index contributed by atoms with van der Waals surface area (Å²) in [5.41, 5.74) is -1.13. The monoisotopic (exact) mass is 299 g/mol. The summed E-state index contributed by atoms with van der Waals surface area (Å²) < 4.78 is 0. The van der Waals surface area contributed by atoms with E-state index in [2.05, 4.69) is 10.6 Å². The van der Waals surface area contributed by atoms with Gasteiger partial charge in [-0.05, 0) is 20.3 Å². The van der Waals surface area contributed by atoms with Crippen molar-refractivity contribution in [3.8, 4) is 0 Å². The van der Waals surface area contributed by atoms with Gasteiger partial charge in [0.15, 0.2) is 0 Å². The van der Waals surface area contributed by atoms with E-state index >= 15 is 0 Å². The normalized spacial score (nSPS) is 18.3. The molecule has 1 rings (SSSR count). The van der Waals surface area contributed by atoms with Crippen molar-refractivity contribution in [3.63, 3.8) is 0 Å². The molecule has 118 valence electrons. The highest BCUT2D eigenvalue weighted by Gasteiger charge is 2.46. The first-order valence-electron chi connectivity index (χ1n) is 6.85. The minimum absolute atomic E-state index is 0.325. The second-order valence-corrected chi connectivity index (χ2v) is 5.51. The van der Waals surface area contributed by atoms with Gasteiger partial charge < -0.3 is 15.3 Å². The van der Waals surface area contributed by atoms with E-state index in [1.165, 1.54) is 13.8 Å². The van der Waals surface area contributed by atoms with Crippen LogP contribution in [0, 0.1) is 0 Å². The summed E-state index contributed by atoms with van der Waals surface area (Å²) >= 11 is 0. The van der Waals surface area contributed by atoms with Crippen LogP contribution in [0.15, 0.2) is 0 Å². The first-order chi connectivity index (χ1) is 9.70. The molecule has 1 atom stereocenters. The van der Waals surface area contributed by atoms with Crippen LogP contribution < -0.4 is 10.6 Å². The smallest absolute Gasteiger partial charge is 0.326 e. The molecule has 0 aromatic heterocycles. The number of carboxylic acid groups (broad SMARTS) is 1. The third-order valence-corrected chi connectivity index (χ3v) is 3.48. The number of carbonyl (C=O) groups excluding carboxylic acids is 3. The van der Waals surface area contributed by atoms with Gasteiger partial charge in [0.2, 0.25) is 5.91 Å². The van der Waals surface area contributed by atoms with Gasteiger partial charge in [-0.1, -0.05) is 19.8 Å². The van der Waals surface area contributed by atoms with Crippen LogP contribution in [0.5, 0.6) is 0 Å². The Bertz CT molecular complexity index is 461. The Kier molecular flexibility index (Phi) is 5.28. The van der Waals surface area contributed by atoms with Crippen LogP contribution in [0.4, 0.5) is 4.79 Å². The fourth-order valence-corrected chi connectivity index (χ4v) is 2.01. The van der Waals surface area contributed by atoms with E-state index < -0.39 is 35.4 Å². The Morgan fingerprint density at radius 1 is 1.38 bits per heavy atom. The summed E-state index contributed by atoms with van der Waals surface area (Å²) in [4.78, 5) is 47.3. The van der Waals surface area contributed by atoms with Gasteiger partial charge in [0.1, 0.15) is 18.1 Å². The lowest BCUT2D eigenvalue weighted by atomic mass is 10.0. The van der Waals surface area contributed by atoms with Gasteiger partial charge in [-0.3, -0.25) is 14.9 Å². The van der Waals surface area contributed by atoms with E-state index in [-0.39, 0.29) is 6.54 Å². The molecular formula is C13H21N3O5. The van der Waals surface area contributed by atoms with Gasteiger partial charge in [-0.25, -0.2) is 9.59 Å². The van der Waals surface area contributed by atoms with Gasteiger partial charge in [-0.15, -0.1) is 0 Å². The maximum atomic E-state index is 11.9. The van der Waals surface area contributed by atoms with Gasteiger partial charge >= 0.3 is 12.0 Å². The molecule has 0 unspecified atom stereocenters. The number of nitrogens with one attached hydrogen (secondary N) is 2. The molecule has 1 saturated heterocycles. The van der Waals surface area contributed by atoms with Crippen LogP contribution in [-0.2, 0) is 14.4 Å². The Hall–Kier alpha value is -2.12. The molecule has 0 aromatic carbocycles. The summed E-state index contributed by atoms with van der Waals surface area (Å²) in [6.07, 6.45) is 1.81. The van der Waals surface area contributed by atoms with Crippen LogP contribution in [0.3, 0.4) is 0 Å². The zero-order valence-electron chi connectivity index (χ0n) is 12.4. The highest BCUT2D eigenvalue weighted by Crippen LogP contribution is 2.20. The maximum Gasteiger partial charge on any atom is 0.326 e. The van der Waals surface area contributed by atoms with Crippen molar-refractivity contribution in [1.29, 1.82) is 0 Å². The highest BCUT2D eigenvalue weighted by molar-refractivity contribution is 6.07. The number of amides is 4. The Morgan fingerprint density at radius 2 is 2.00 bits per heavy atom. The molecule has 1 heterocycles. The number of carbonyl (C=O) groups is 4. The predicted octanol–water partition coefficient (Wildman–Crippen LogP) is 0.0764. The number of hydrogen-bond donors (Lipinski definition) is 3. The van der Waals surface area contributed by atoms with Crippen LogP contribution >= 0.6 is 0 Å². The molecule has 1 aliphatic rings. The molecule has 0 bridgehead atoms. The predicted molar refractivity (Wildman–Crippen MR) is 73.4 cm³/mol. The van der Waals surface area contributed by atoms with Gasteiger partial charge in [0, 0.05) is 0 Å². The van der Waals surface area contributed by atoms with E-state index in [0.717, 1.165) is 11.3 Å². The number of urea groups is 1. The second-order valence-electron chi connectivity index (χ2n) is 5.51. The SMILES string of the molecule is CCCC[C@H](NC(=O)CN1C(=O)NC(=O)C1(C)C)C(=O)O. The lowest BCUT2D eigenvalue weighted by molar-refractivity contribution is -0.142. The fourth-order valence-electron chi connectivity index (χ4n) is 2.01. The van der Waals surface area contributed by atoms with Crippen LogP contribution in [0.1, 0.15) is 40.0 Å². The molecule has 0 radical (unpaired) electrons. The molecule has 3 N–H and O–H groups in total. The molecule has 21 heavy (non-hydrogen) atoms. The third kappa shape index (κ3) is 3.93. The largest absolute Gasteiger partial charge is 0.480 e. The van der Waals surface area contributed by atoms with E-state index in [1.54, 1.807) is 0 Å². The number of rotatable bonds is 7. The average molecular weight is 299 g/mol. The minimum atomic E-state index is -1.13. The Balaban J connectivity index is 2.66. The molecular weight excluding hydrogens is 278 g/mol. The highest BCUT2D eigenvalue weighted by atomic mass is 16.4. The van der Waals surface area contributed by atoms with Crippen molar-refractivity contribution in [2.24, 2.45) is 0 Å². The Morgan fingerprint density at radius 3 is 2.43 bits per heavy atom. The van der Waals surface area contributed by atoms with E-state index in [1.807, 2.05) is 6.92 Å². The van der Waals surface area contributed by atoms with Crippen LogP contribution in [-0.4, -0.2) is 51.9 Å². The molecule has 4 amide bonds. The summed E-state index contributed by atoms with van der Waals surface area (Å²) in [5.74, 6) is -2.20. The quantitative estimate of drug-likeness (QED) is 0.576. The molecule has 8 nitrogen and oxygen atoms in total. The van der Waals surface area contributed by atoms with Gasteiger partial charge in [0.05, 0.1) is 0 Å². The Labute approximate surface area is 122 Å². The van der Waals surface area contributed by atoms with Gasteiger partial charge in [0.25, 0.3) is 5.91 Å². The summed E-state index contributed by atoms with van der Waals surface area (Å²) in [7, 11) is 0. The van der Waals surface area contributed by atoms with Crippen molar-refractivity contribution in [1.82, 2.24) is 15.5 Å². The number of unbranched alkanes of at least 4 members (excludes halogenated alkanes) is 1. The number of imide groups is 1. The number of carboxylic acids is 1. The molecule has 0 aromatic rings. The number of hydrogen-bond acceptors (Lipinski definition) is 4. The van der Waals surface area contributed by atoms with Crippen molar-refractivity contribution < 1.29 is 24.3 Å². The minimum Gasteiger partial charge on any atom is -0.480 e. The summed E-state index contributed by atoms with van der Waals surface area (Å²) in [6.45, 7) is 4.60. The zero-order chi connectivity index (χ0) is 16.2. The summed E-state index contributed by atoms with van der Waals surface area (Å²) in [6, 6.07) is -1.64. The van der Waals surface area contributed by atoms with Crippen molar-refractivity contribution in [2.75, 3.05) is 6.54 Å². The molecule has 0 spiro atoms. The fraction of sp³-hybridized carbons (Fsp3) is 0.692. The topological polar surface area (TPSA) is 116 Å². The lowest BCUT2D eigenvalue weighted by Gasteiger charge is -2.27. The van der Waals surface area contributed by atoms with E-state index in [9.17, 15) is 19.2 Å². The lowest BCUT2D eigenvalue weighted by Crippen LogP contribution is -2.51. The van der Waals surface area contributed by atoms with E-state index in [4.69, 9.17) is 5.11 Å². The van der Waals surface area contributed by atoms with Crippen LogP contribution in [0.25, 0.3) is 0 Å². The van der Waals surface area contributed by atoms with Gasteiger partial charge in [-0.2, -0.15) is 0 Å². The second kappa shape index (κ2) is 6.55. The van der Waals surface area contributed by atoms with E-state index in [0.29, 0.717) is 12.8 Å². The molecule has 0 saturated carbocycles. The molecule has 8 heteroatoms. The number of nitrogens with zero attached hydrogens (tertiary/aromatic N) is 1. The number of aliphatic carboxylic acids is 1. The first kappa shape index (κ1) is 16.9. The molecule has 1 fully saturated rings. The van der Waals surface area contributed by atoms with Crippen molar-refractivity contribution in [3.05, 3.63) is 0 Å². The molecule has 0 aliphatic carbocycles. The van der Waals surface area contributed by atoms with Crippen molar-refractivity contribution >= 4 is 23.8 Å². The first-order valence-corrected chi connectivity index (χ1v) is 6.85. The standard InChI is InChI=1S/C13H21N3O5/c1-4-5-6-8(10(18)19)14-9(17)7-16-12(21)15-11(20)13(16,2)3/h8H,4-7H2,1-3H3,(H,14,17)(H,18,19)(H,15,20,21)/t8-/m0/s1. The molecule has 1 aliphatic heterocycles.